The highest BCUT2D eigenvalue weighted by molar-refractivity contribution is 5.86. The van der Waals surface area contributed by atoms with E-state index in [1.807, 2.05) is 49.4 Å². The molecule has 0 aliphatic heterocycles. The summed E-state index contributed by atoms with van der Waals surface area (Å²) in [6.07, 6.45) is 2.42. The van der Waals surface area contributed by atoms with Crippen LogP contribution in [0.1, 0.15) is 48.9 Å². The van der Waals surface area contributed by atoms with Gasteiger partial charge in [0, 0.05) is 36.0 Å². The molecule has 1 amide bonds. The van der Waals surface area contributed by atoms with Gasteiger partial charge >= 0.3 is 0 Å². The number of amides is 1. The molecule has 4 aromatic rings. The van der Waals surface area contributed by atoms with Crippen molar-refractivity contribution in [3.8, 4) is 0 Å². The Morgan fingerprint density at radius 3 is 2.32 bits per heavy atom. The van der Waals surface area contributed by atoms with E-state index >= 15 is 0 Å². The Morgan fingerprint density at radius 1 is 0.935 bits per heavy atom. The van der Waals surface area contributed by atoms with Gasteiger partial charge in [0.1, 0.15) is 5.82 Å². The van der Waals surface area contributed by atoms with Crippen LogP contribution in [0, 0.1) is 5.82 Å². The number of nitrogens with zero attached hydrogens (tertiary/aromatic N) is 1. The van der Waals surface area contributed by atoms with Gasteiger partial charge in [-0.3, -0.25) is 4.79 Å². The molecule has 0 radical (unpaired) electrons. The zero-order valence-corrected chi connectivity index (χ0v) is 17.9. The molecule has 31 heavy (non-hydrogen) atoms. The minimum Gasteiger partial charge on any atom is -0.350 e. The molecule has 0 bridgehead atoms. The standard InChI is InChI=1S/C27H27FN2O/c1-3-30-18-25(23-11-7-8-12-26(23)30)24(21-13-15-22(28)16-14-21)17-27(31)29-19(2)20-9-5-4-6-10-20/h4-16,18-19,24H,3,17H2,1-2H3,(H,29,31)/t19-,24-/m0/s1. The van der Waals surface area contributed by atoms with Gasteiger partial charge in [-0.15, -0.1) is 0 Å². The van der Waals surface area contributed by atoms with Crippen molar-refractivity contribution < 1.29 is 9.18 Å². The Hall–Kier alpha value is -3.40. The number of carbonyl (C=O) groups is 1. The molecule has 1 aromatic heterocycles. The Bertz CT molecular complexity index is 1170. The fourth-order valence-corrected chi connectivity index (χ4v) is 4.23. The quantitative estimate of drug-likeness (QED) is 0.384. The second kappa shape index (κ2) is 9.17. The summed E-state index contributed by atoms with van der Waals surface area (Å²) in [4.78, 5) is 13.1. The van der Waals surface area contributed by atoms with Crippen molar-refractivity contribution in [1.29, 1.82) is 0 Å². The highest BCUT2D eigenvalue weighted by Crippen LogP contribution is 2.35. The number of nitrogens with one attached hydrogen (secondary N) is 1. The van der Waals surface area contributed by atoms with E-state index in [-0.39, 0.29) is 23.7 Å². The van der Waals surface area contributed by atoms with Gasteiger partial charge in [-0.2, -0.15) is 0 Å². The predicted octanol–water partition coefficient (Wildman–Crippen LogP) is 6.20. The number of aryl methyl sites for hydroxylation is 1. The van der Waals surface area contributed by atoms with Crippen molar-refractivity contribution in [2.24, 2.45) is 0 Å². The third-order valence-corrected chi connectivity index (χ3v) is 5.87. The van der Waals surface area contributed by atoms with Crippen LogP contribution in [0.2, 0.25) is 0 Å². The van der Waals surface area contributed by atoms with E-state index < -0.39 is 0 Å². The minimum absolute atomic E-state index is 0.0287. The van der Waals surface area contributed by atoms with Crippen LogP contribution < -0.4 is 5.32 Å². The molecule has 0 aliphatic carbocycles. The minimum atomic E-state index is -0.277. The molecule has 158 valence electrons. The highest BCUT2D eigenvalue weighted by atomic mass is 19.1. The van der Waals surface area contributed by atoms with E-state index in [2.05, 4.69) is 35.1 Å². The molecule has 4 rings (SSSR count). The smallest absolute Gasteiger partial charge is 0.221 e. The Labute approximate surface area is 182 Å². The average molecular weight is 415 g/mol. The molecule has 3 aromatic carbocycles. The van der Waals surface area contributed by atoms with E-state index in [0.29, 0.717) is 6.42 Å². The van der Waals surface area contributed by atoms with E-state index in [4.69, 9.17) is 0 Å². The molecule has 0 saturated carbocycles. The molecule has 1 heterocycles. The number of rotatable bonds is 7. The lowest BCUT2D eigenvalue weighted by atomic mass is 9.88. The summed E-state index contributed by atoms with van der Waals surface area (Å²) in [5.41, 5.74) is 4.23. The number of benzene rings is 3. The van der Waals surface area contributed by atoms with Crippen molar-refractivity contribution in [2.45, 2.75) is 38.8 Å². The SMILES string of the molecule is CCn1cc([C@@H](CC(=O)N[C@@H](C)c2ccccc2)c2ccc(F)cc2)c2ccccc21. The average Bonchev–Trinajstić information content (AvgIpc) is 3.17. The normalized spacial score (nSPS) is 13.1. The number of hydrogen-bond acceptors (Lipinski definition) is 1. The molecule has 0 saturated heterocycles. The zero-order chi connectivity index (χ0) is 21.8. The first kappa shape index (κ1) is 20.9. The Balaban J connectivity index is 1.68. The molecule has 0 unspecified atom stereocenters. The molecule has 0 spiro atoms. The molecular weight excluding hydrogens is 387 g/mol. The summed E-state index contributed by atoms with van der Waals surface area (Å²) in [5, 5.41) is 4.25. The first-order valence-corrected chi connectivity index (χ1v) is 10.7. The maximum atomic E-state index is 13.6. The van der Waals surface area contributed by atoms with E-state index in [9.17, 15) is 9.18 Å². The summed E-state index contributed by atoms with van der Waals surface area (Å²) < 4.78 is 15.8. The number of carbonyl (C=O) groups excluding carboxylic acids is 1. The monoisotopic (exact) mass is 414 g/mol. The van der Waals surface area contributed by atoms with Gasteiger partial charge in [-0.25, -0.2) is 4.39 Å². The molecule has 4 heteroatoms. The summed E-state index contributed by atoms with van der Waals surface area (Å²) in [6, 6.07) is 24.6. The van der Waals surface area contributed by atoms with Crippen LogP contribution in [0.15, 0.2) is 85.1 Å². The highest BCUT2D eigenvalue weighted by Gasteiger charge is 2.23. The topological polar surface area (TPSA) is 34.0 Å². The van der Waals surface area contributed by atoms with Gasteiger partial charge < -0.3 is 9.88 Å². The largest absolute Gasteiger partial charge is 0.350 e. The van der Waals surface area contributed by atoms with Crippen LogP contribution in [-0.2, 0) is 11.3 Å². The van der Waals surface area contributed by atoms with Gasteiger partial charge in [-0.1, -0.05) is 60.7 Å². The number of aromatic nitrogens is 1. The summed E-state index contributed by atoms with van der Waals surface area (Å²) in [6.45, 7) is 4.94. The second-order valence-electron chi connectivity index (χ2n) is 7.90. The number of halogens is 1. The first-order chi connectivity index (χ1) is 15.1. The van der Waals surface area contributed by atoms with E-state index in [1.165, 1.54) is 12.1 Å². The lowest BCUT2D eigenvalue weighted by Crippen LogP contribution is -2.28. The van der Waals surface area contributed by atoms with E-state index in [1.54, 1.807) is 12.1 Å². The molecule has 2 atom stereocenters. The van der Waals surface area contributed by atoms with Crippen LogP contribution in [0.25, 0.3) is 10.9 Å². The molecular formula is C27H27FN2O. The predicted molar refractivity (Wildman–Crippen MR) is 123 cm³/mol. The van der Waals surface area contributed by atoms with Crippen molar-refractivity contribution in [2.75, 3.05) is 0 Å². The van der Waals surface area contributed by atoms with Gasteiger partial charge in [0.2, 0.25) is 5.91 Å². The number of hydrogen-bond donors (Lipinski definition) is 1. The molecule has 3 nitrogen and oxygen atoms in total. The Kier molecular flexibility index (Phi) is 6.17. The van der Waals surface area contributed by atoms with Gasteiger partial charge in [0.05, 0.1) is 6.04 Å². The fraction of sp³-hybridized carbons (Fsp3) is 0.222. The van der Waals surface area contributed by atoms with Crippen molar-refractivity contribution in [3.05, 3.63) is 108 Å². The fourth-order valence-electron chi connectivity index (χ4n) is 4.23. The molecule has 1 N–H and O–H groups in total. The number of fused-ring (bicyclic) bond motifs is 1. The van der Waals surface area contributed by atoms with Crippen molar-refractivity contribution in [3.63, 3.8) is 0 Å². The summed E-state index contributed by atoms with van der Waals surface area (Å²) in [7, 11) is 0. The maximum absolute atomic E-state index is 13.6. The van der Waals surface area contributed by atoms with Crippen LogP contribution in [0.4, 0.5) is 4.39 Å². The third kappa shape index (κ3) is 4.53. The van der Waals surface area contributed by atoms with E-state index in [0.717, 1.165) is 34.1 Å². The maximum Gasteiger partial charge on any atom is 0.221 e. The van der Waals surface area contributed by atoms with Crippen molar-refractivity contribution >= 4 is 16.8 Å². The van der Waals surface area contributed by atoms with Crippen LogP contribution in [-0.4, -0.2) is 10.5 Å². The summed E-state index contributed by atoms with van der Waals surface area (Å²) in [5.74, 6) is -0.471. The Morgan fingerprint density at radius 2 is 1.61 bits per heavy atom. The third-order valence-electron chi connectivity index (χ3n) is 5.87. The van der Waals surface area contributed by atoms with Gasteiger partial charge in [-0.05, 0) is 48.7 Å². The summed E-state index contributed by atoms with van der Waals surface area (Å²) >= 11 is 0. The molecule has 0 fully saturated rings. The number of para-hydroxylation sites is 1. The lowest BCUT2D eigenvalue weighted by Gasteiger charge is -2.20. The second-order valence-corrected chi connectivity index (χ2v) is 7.90. The van der Waals surface area contributed by atoms with Gasteiger partial charge in [0.15, 0.2) is 0 Å². The van der Waals surface area contributed by atoms with Gasteiger partial charge in [0.25, 0.3) is 0 Å². The molecule has 0 aliphatic rings. The first-order valence-electron chi connectivity index (χ1n) is 10.7. The van der Waals surface area contributed by atoms with Crippen LogP contribution in [0.3, 0.4) is 0 Å². The van der Waals surface area contributed by atoms with Crippen LogP contribution >= 0.6 is 0 Å². The zero-order valence-electron chi connectivity index (χ0n) is 17.9. The van der Waals surface area contributed by atoms with Crippen molar-refractivity contribution in [1.82, 2.24) is 9.88 Å². The van der Waals surface area contributed by atoms with Crippen LogP contribution in [0.5, 0.6) is 0 Å². The lowest BCUT2D eigenvalue weighted by molar-refractivity contribution is -0.121.